The molecule has 1 heterocycles. The Morgan fingerprint density at radius 1 is 1.17 bits per heavy atom. The predicted molar refractivity (Wildman–Crippen MR) is 60.8 cm³/mol. The van der Waals surface area contributed by atoms with Crippen molar-refractivity contribution in [2.75, 3.05) is 6.54 Å². The van der Waals surface area contributed by atoms with E-state index in [9.17, 15) is 18.0 Å². The third-order valence-corrected chi connectivity index (χ3v) is 3.19. The van der Waals surface area contributed by atoms with Gasteiger partial charge < -0.3 is 4.90 Å². The molecule has 5 heteroatoms. The molecule has 1 amide bonds. The summed E-state index contributed by atoms with van der Waals surface area (Å²) in [6.45, 7) is 0.178. The summed E-state index contributed by atoms with van der Waals surface area (Å²) in [6.07, 6.45) is -2.72. The van der Waals surface area contributed by atoms with E-state index in [4.69, 9.17) is 0 Å². The molecule has 1 aliphatic heterocycles. The summed E-state index contributed by atoms with van der Waals surface area (Å²) in [5.41, 5.74) is 0.773. The van der Waals surface area contributed by atoms with Crippen molar-refractivity contribution in [3.63, 3.8) is 0 Å². The van der Waals surface area contributed by atoms with Crippen LogP contribution < -0.4 is 0 Å². The molecule has 0 radical (unpaired) electrons. The first-order chi connectivity index (χ1) is 8.50. The Balaban J connectivity index is 2.24. The monoisotopic (exact) mass is 257 g/mol. The van der Waals surface area contributed by atoms with Crippen molar-refractivity contribution in [2.45, 2.75) is 31.5 Å². The Bertz CT molecular complexity index is 416. The summed E-state index contributed by atoms with van der Waals surface area (Å²) in [7, 11) is 0. The molecule has 1 aromatic rings. The van der Waals surface area contributed by atoms with Crippen LogP contribution in [0.5, 0.6) is 0 Å². The van der Waals surface area contributed by atoms with Crippen LogP contribution in [0.15, 0.2) is 30.3 Å². The highest BCUT2D eigenvalue weighted by Crippen LogP contribution is 2.33. The van der Waals surface area contributed by atoms with E-state index in [1.807, 2.05) is 6.07 Å². The lowest BCUT2D eigenvalue weighted by Gasteiger charge is -2.36. The lowest BCUT2D eigenvalue weighted by Crippen LogP contribution is -2.45. The molecule has 0 N–H and O–H groups in total. The Morgan fingerprint density at radius 3 is 2.44 bits per heavy atom. The van der Waals surface area contributed by atoms with Crippen molar-refractivity contribution in [1.29, 1.82) is 0 Å². The van der Waals surface area contributed by atoms with E-state index in [0.717, 1.165) is 16.9 Å². The van der Waals surface area contributed by atoms with Crippen molar-refractivity contribution in [1.82, 2.24) is 4.90 Å². The van der Waals surface area contributed by atoms with E-state index in [1.165, 1.54) is 0 Å². The van der Waals surface area contributed by atoms with Gasteiger partial charge in [-0.1, -0.05) is 30.3 Å². The van der Waals surface area contributed by atoms with E-state index in [2.05, 4.69) is 0 Å². The average Bonchev–Trinajstić information content (AvgIpc) is 2.38. The number of rotatable bonds is 1. The topological polar surface area (TPSA) is 20.3 Å². The maximum atomic E-state index is 12.5. The van der Waals surface area contributed by atoms with Gasteiger partial charge in [0.05, 0.1) is 6.04 Å². The number of hydrogen-bond acceptors (Lipinski definition) is 1. The second-order valence-corrected chi connectivity index (χ2v) is 4.42. The minimum Gasteiger partial charge on any atom is -0.328 e. The number of piperidine rings is 1. The zero-order valence-electron chi connectivity index (χ0n) is 9.78. The van der Waals surface area contributed by atoms with Gasteiger partial charge in [-0.2, -0.15) is 13.2 Å². The van der Waals surface area contributed by atoms with Gasteiger partial charge >= 0.3 is 12.1 Å². The summed E-state index contributed by atoms with van der Waals surface area (Å²) in [4.78, 5) is 12.4. The molecule has 0 saturated carbocycles. The van der Waals surface area contributed by atoms with Gasteiger partial charge in [-0.3, -0.25) is 4.79 Å². The first kappa shape index (κ1) is 12.9. The average molecular weight is 257 g/mol. The zero-order chi connectivity index (χ0) is 13.2. The SMILES string of the molecule is O=C(N1CCCCC1c1ccccc1)C(F)(F)F. The number of likely N-dealkylation sites (tertiary alicyclic amines) is 1. The summed E-state index contributed by atoms with van der Waals surface area (Å²) >= 11 is 0. The van der Waals surface area contributed by atoms with Crippen molar-refractivity contribution in [3.05, 3.63) is 35.9 Å². The molecule has 0 aromatic heterocycles. The fourth-order valence-electron chi connectivity index (χ4n) is 2.36. The van der Waals surface area contributed by atoms with Crippen molar-refractivity contribution in [3.8, 4) is 0 Å². The smallest absolute Gasteiger partial charge is 0.328 e. The molecule has 2 rings (SSSR count). The minimum absolute atomic E-state index is 0.178. The van der Waals surface area contributed by atoms with Crippen LogP contribution in [0.25, 0.3) is 0 Å². The van der Waals surface area contributed by atoms with Gasteiger partial charge in [0, 0.05) is 6.54 Å². The molecule has 1 unspecified atom stereocenters. The molecule has 18 heavy (non-hydrogen) atoms. The van der Waals surface area contributed by atoms with Gasteiger partial charge in [0.15, 0.2) is 0 Å². The summed E-state index contributed by atoms with van der Waals surface area (Å²) in [5.74, 6) is -1.73. The van der Waals surface area contributed by atoms with Crippen molar-refractivity contribution >= 4 is 5.91 Å². The van der Waals surface area contributed by atoms with Crippen molar-refractivity contribution in [2.24, 2.45) is 0 Å². The third kappa shape index (κ3) is 2.66. The molecule has 0 spiro atoms. The van der Waals surface area contributed by atoms with Crippen LogP contribution in [0, 0.1) is 0 Å². The predicted octanol–water partition coefficient (Wildman–Crippen LogP) is 3.30. The molecule has 0 bridgehead atoms. The molecule has 1 atom stereocenters. The zero-order valence-corrected chi connectivity index (χ0v) is 9.78. The van der Waals surface area contributed by atoms with Gasteiger partial charge in [-0.25, -0.2) is 0 Å². The van der Waals surface area contributed by atoms with Crippen LogP contribution in [-0.4, -0.2) is 23.5 Å². The highest BCUT2D eigenvalue weighted by Gasteiger charge is 2.45. The molecule has 1 aliphatic rings. The number of carbonyl (C=O) groups is 1. The summed E-state index contributed by atoms with van der Waals surface area (Å²) in [5, 5.41) is 0. The first-order valence-electron chi connectivity index (χ1n) is 5.93. The second-order valence-electron chi connectivity index (χ2n) is 4.42. The molecule has 98 valence electrons. The lowest BCUT2D eigenvalue weighted by atomic mass is 9.95. The van der Waals surface area contributed by atoms with Crippen LogP contribution in [0.1, 0.15) is 30.9 Å². The van der Waals surface area contributed by atoms with Gasteiger partial charge in [0.25, 0.3) is 0 Å². The number of halogens is 3. The van der Waals surface area contributed by atoms with Gasteiger partial charge in [0.2, 0.25) is 0 Å². The quantitative estimate of drug-likeness (QED) is 0.756. The van der Waals surface area contributed by atoms with E-state index in [0.29, 0.717) is 12.8 Å². The van der Waals surface area contributed by atoms with E-state index in [1.54, 1.807) is 24.3 Å². The van der Waals surface area contributed by atoms with Crippen LogP contribution >= 0.6 is 0 Å². The summed E-state index contributed by atoms with van der Waals surface area (Å²) in [6, 6.07) is 8.45. The molecular weight excluding hydrogens is 243 g/mol. The maximum Gasteiger partial charge on any atom is 0.471 e. The lowest BCUT2D eigenvalue weighted by molar-refractivity contribution is -0.189. The van der Waals surface area contributed by atoms with Gasteiger partial charge in [-0.15, -0.1) is 0 Å². The minimum atomic E-state index is -4.79. The molecule has 2 nitrogen and oxygen atoms in total. The Labute approximate surface area is 103 Å². The molecular formula is C13H14F3NO. The number of nitrogens with zero attached hydrogens (tertiary/aromatic N) is 1. The summed E-state index contributed by atoms with van der Waals surface area (Å²) < 4.78 is 37.6. The fourth-order valence-corrected chi connectivity index (χ4v) is 2.36. The highest BCUT2D eigenvalue weighted by atomic mass is 19.4. The molecule has 1 aromatic carbocycles. The third-order valence-electron chi connectivity index (χ3n) is 3.19. The number of benzene rings is 1. The van der Waals surface area contributed by atoms with Crippen LogP contribution in [0.4, 0.5) is 13.2 Å². The number of alkyl halides is 3. The number of hydrogen-bond donors (Lipinski definition) is 0. The van der Waals surface area contributed by atoms with E-state index in [-0.39, 0.29) is 6.54 Å². The van der Waals surface area contributed by atoms with E-state index < -0.39 is 18.1 Å². The Morgan fingerprint density at radius 2 is 1.83 bits per heavy atom. The van der Waals surface area contributed by atoms with Crippen LogP contribution in [-0.2, 0) is 4.79 Å². The van der Waals surface area contributed by atoms with E-state index >= 15 is 0 Å². The van der Waals surface area contributed by atoms with Crippen LogP contribution in [0.2, 0.25) is 0 Å². The fraction of sp³-hybridized carbons (Fsp3) is 0.462. The van der Waals surface area contributed by atoms with Gasteiger partial charge in [0.1, 0.15) is 0 Å². The highest BCUT2D eigenvalue weighted by molar-refractivity contribution is 5.82. The molecule has 1 saturated heterocycles. The molecule has 1 fully saturated rings. The second kappa shape index (κ2) is 5.00. The largest absolute Gasteiger partial charge is 0.471 e. The van der Waals surface area contributed by atoms with Gasteiger partial charge in [-0.05, 0) is 24.8 Å². The van der Waals surface area contributed by atoms with Crippen molar-refractivity contribution < 1.29 is 18.0 Å². The maximum absolute atomic E-state index is 12.5. The number of carbonyl (C=O) groups excluding carboxylic acids is 1. The normalized spacial score (nSPS) is 20.8. The molecule has 0 aliphatic carbocycles. The van der Waals surface area contributed by atoms with Crippen LogP contribution in [0.3, 0.4) is 0 Å². The Kier molecular flexibility index (Phi) is 3.59. The Hall–Kier alpha value is -1.52. The number of amides is 1. The first-order valence-corrected chi connectivity index (χ1v) is 5.93. The standard InChI is InChI=1S/C13H14F3NO/c14-13(15,16)12(18)17-9-5-4-8-11(17)10-6-2-1-3-7-10/h1-3,6-7,11H,4-5,8-9H2.